The van der Waals surface area contributed by atoms with E-state index in [1.807, 2.05) is 6.07 Å². The van der Waals surface area contributed by atoms with Crippen molar-refractivity contribution >= 4 is 39.1 Å². The molecule has 27 heavy (non-hydrogen) atoms. The molecule has 0 aliphatic carbocycles. The molecule has 2 aromatic rings. The Morgan fingerprint density at radius 1 is 1.07 bits per heavy atom. The summed E-state index contributed by atoms with van der Waals surface area (Å²) in [6.45, 7) is 6.60. The van der Waals surface area contributed by atoms with Gasteiger partial charge in [-0.15, -0.1) is 0 Å². The van der Waals surface area contributed by atoms with E-state index >= 15 is 0 Å². The van der Waals surface area contributed by atoms with Crippen LogP contribution in [0.5, 0.6) is 5.75 Å². The maximum absolute atomic E-state index is 12.8. The first-order valence-corrected chi connectivity index (χ1v) is 9.82. The van der Waals surface area contributed by atoms with Gasteiger partial charge in [-0.05, 0) is 48.7 Å². The number of ether oxygens (including phenoxy) is 1. The second kappa shape index (κ2) is 10.1. The lowest BCUT2D eigenvalue weighted by Crippen LogP contribution is -2.15. The van der Waals surface area contributed by atoms with E-state index in [4.69, 9.17) is 4.74 Å². The van der Waals surface area contributed by atoms with Crippen LogP contribution >= 0.6 is 15.9 Å². The molecule has 0 spiro atoms. The van der Waals surface area contributed by atoms with Gasteiger partial charge in [-0.25, -0.2) is 0 Å². The number of halogens is 1. The van der Waals surface area contributed by atoms with E-state index in [9.17, 15) is 9.59 Å². The van der Waals surface area contributed by atoms with E-state index in [1.165, 1.54) is 0 Å². The highest BCUT2D eigenvalue weighted by atomic mass is 79.9. The predicted molar refractivity (Wildman–Crippen MR) is 112 cm³/mol. The van der Waals surface area contributed by atoms with E-state index in [2.05, 4.69) is 40.4 Å². The summed E-state index contributed by atoms with van der Waals surface area (Å²) in [6.07, 6.45) is 1.31. The largest absolute Gasteiger partial charge is 0.493 e. The summed E-state index contributed by atoms with van der Waals surface area (Å²) >= 11 is 3.41. The molecule has 0 radical (unpaired) electrons. The van der Waals surface area contributed by atoms with Crippen molar-refractivity contribution in [2.24, 2.45) is 5.92 Å². The normalized spacial score (nSPS) is 10.6. The fraction of sp³-hybridized carbons (Fsp3) is 0.333. The highest BCUT2D eigenvalue weighted by molar-refractivity contribution is 9.10. The maximum Gasteiger partial charge on any atom is 0.259 e. The van der Waals surface area contributed by atoms with Gasteiger partial charge in [-0.1, -0.05) is 42.8 Å². The SMILES string of the molecule is CCC(=O)Nc1cccc(NC(=O)c2cc(Br)ccc2OCCC(C)C)c1. The van der Waals surface area contributed by atoms with Gasteiger partial charge in [0.2, 0.25) is 5.91 Å². The van der Waals surface area contributed by atoms with Gasteiger partial charge in [0.25, 0.3) is 5.91 Å². The van der Waals surface area contributed by atoms with E-state index in [-0.39, 0.29) is 11.8 Å². The Labute approximate surface area is 168 Å². The Morgan fingerprint density at radius 3 is 2.44 bits per heavy atom. The second-order valence-corrected chi connectivity index (χ2v) is 7.52. The molecule has 0 heterocycles. The summed E-state index contributed by atoms with van der Waals surface area (Å²) in [4.78, 5) is 24.3. The van der Waals surface area contributed by atoms with Crippen molar-refractivity contribution < 1.29 is 14.3 Å². The fourth-order valence-electron chi connectivity index (χ4n) is 2.33. The minimum absolute atomic E-state index is 0.0775. The second-order valence-electron chi connectivity index (χ2n) is 6.61. The number of rotatable bonds is 8. The van der Waals surface area contributed by atoms with Crippen LogP contribution in [0.2, 0.25) is 0 Å². The van der Waals surface area contributed by atoms with Gasteiger partial charge in [-0.2, -0.15) is 0 Å². The van der Waals surface area contributed by atoms with E-state index in [1.54, 1.807) is 43.3 Å². The third-order valence-corrected chi connectivity index (χ3v) is 4.36. The molecule has 5 nitrogen and oxygen atoms in total. The standard InChI is InChI=1S/C21H25BrN2O3/c1-4-20(25)23-16-6-5-7-17(13-16)24-21(26)18-12-15(22)8-9-19(18)27-11-10-14(2)3/h5-9,12-14H,4,10-11H2,1-3H3,(H,23,25)(H,24,26). The molecule has 0 aliphatic heterocycles. The number of carbonyl (C=O) groups excluding carboxylic acids is 2. The van der Waals surface area contributed by atoms with Crippen LogP contribution in [0, 0.1) is 5.92 Å². The Kier molecular flexibility index (Phi) is 7.85. The summed E-state index contributed by atoms with van der Waals surface area (Å²) in [5.74, 6) is 0.728. The van der Waals surface area contributed by atoms with Gasteiger partial charge >= 0.3 is 0 Å². The minimum Gasteiger partial charge on any atom is -0.493 e. The smallest absolute Gasteiger partial charge is 0.259 e. The molecule has 0 saturated carbocycles. The first-order chi connectivity index (χ1) is 12.9. The Bertz CT molecular complexity index is 806. The van der Waals surface area contributed by atoms with Crippen LogP contribution in [-0.2, 0) is 4.79 Å². The molecular formula is C21H25BrN2O3. The molecule has 144 valence electrons. The van der Waals surface area contributed by atoms with E-state index < -0.39 is 0 Å². The van der Waals surface area contributed by atoms with Crippen molar-refractivity contribution in [3.8, 4) is 5.75 Å². The van der Waals surface area contributed by atoms with Gasteiger partial charge in [0.05, 0.1) is 12.2 Å². The molecular weight excluding hydrogens is 408 g/mol. The molecule has 2 aromatic carbocycles. The molecule has 6 heteroatoms. The molecule has 0 saturated heterocycles. The zero-order valence-corrected chi connectivity index (χ0v) is 17.4. The zero-order chi connectivity index (χ0) is 19.8. The molecule has 2 rings (SSSR count). The van der Waals surface area contributed by atoms with Gasteiger partial charge in [-0.3, -0.25) is 9.59 Å². The zero-order valence-electron chi connectivity index (χ0n) is 15.8. The van der Waals surface area contributed by atoms with Crippen molar-refractivity contribution in [3.63, 3.8) is 0 Å². The van der Waals surface area contributed by atoms with Crippen molar-refractivity contribution in [1.82, 2.24) is 0 Å². The lowest BCUT2D eigenvalue weighted by molar-refractivity contribution is -0.115. The van der Waals surface area contributed by atoms with Crippen molar-refractivity contribution in [3.05, 3.63) is 52.5 Å². The molecule has 2 N–H and O–H groups in total. The molecule has 0 bridgehead atoms. The highest BCUT2D eigenvalue weighted by Gasteiger charge is 2.14. The molecule has 0 atom stereocenters. The van der Waals surface area contributed by atoms with Crippen LogP contribution in [-0.4, -0.2) is 18.4 Å². The quantitative estimate of drug-likeness (QED) is 0.580. The van der Waals surface area contributed by atoms with Gasteiger partial charge in [0.1, 0.15) is 5.75 Å². The number of carbonyl (C=O) groups is 2. The molecule has 0 aliphatic rings. The summed E-state index contributed by atoms with van der Waals surface area (Å²) in [7, 11) is 0. The number of amides is 2. The lowest BCUT2D eigenvalue weighted by Gasteiger charge is -2.14. The van der Waals surface area contributed by atoms with Gasteiger partial charge in [0.15, 0.2) is 0 Å². The summed E-state index contributed by atoms with van der Waals surface area (Å²) < 4.78 is 6.61. The predicted octanol–water partition coefficient (Wildman–Crippen LogP) is 5.47. The Morgan fingerprint density at radius 2 is 1.78 bits per heavy atom. The first kappa shape index (κ1) is 21.0. The topological polar surface area (TPSA) is 67.4 Å². The summed E-state index contributed by atoms with van der Waals surface area (Å²) in [6, 6.07) is 12.4. The van der Waals surface area contributed by atoms with E-state index in [0.29, 0.717) is 41.6 Å². The lowest BCUT2D eigenvalue weighted by atomic mass is 10.1. The average molecular weight is 433 g/mol. The average Bonchev–Trinajstić information content (AvgIpc) is 2.62. The highest BCUT2D eigenvalue weighted by Crippen LogP contribution is 2.25. The monoisotopic (exact) mass is 432 g/mol. The molecule has 0 aromatic heterocycles. The van der Waals surface area contributed by atoms with Crippen LogP contribution < -0.4 is 15.4 Å². The van der Waals surface area contributed by atoms with Crippen molar-refractivity contribution in [1.29, 1.82) is 0 Å². The minimum atomic E-state index is -0.269. The summed E-state index contributed by atoms with van der Waals surface area (Å²) in [5.41, 5.74) is 1.69. The number of nitrogens with one attached hydrogen (secondary N) is 2. The van der Waals surface area contributed by atoms with Crippen molar-refractivity contribution in [2.45, 2.75) is 33.6 Å². The van der Waals surface area contributed by atoms with Gasteiger partial charge < -0.3 is 15.4 Å². The number of benzene rings is 2. The fourth-order valence-corrected chi connectivity index (χ4v) is 2.69. The van der Waals surface area contributed by atoms with E-state index in [0.717, 1.165) is 10.9 Å². The van der Waals surface area contributed by atoms with Crippen LogP contribution in [0.3, 0.4) is 0 Å². The van der Waals surface area contributed by atoms with Crippen LogP contribution in [0.15, 0.2) is 46.9 Å². The number of anilines is 2. The van der Waals surface area contributed by atoms with Crippen LogP contribution in [0.1, 0.15) is 44.0 Å². The molecule has 0 fully saturated rings. The van der Waals surface area contributed by atoms with Crippen LogP contribution in [0.25, 0.3) is 0 Å². The number of hydrogen-bond acceptors (Lipinski definition) is 3. The molecule has 0 unspecified atom stereocenters. The Balaban J connectivity index is 2.14. The third-order valence-electron chi connectivity index (χ3n) is 3.86. The third kappa shape index (κ3) is 6.71. The van der Waals surface area contributed by atoms with Crippen LogP contribution in [0.4, 0.5) is 11.4 Å². The first-order valence-electron chi connectivity index (χ1n) is 9.02. The maximum atomic E-state index is 12.8. The van der Waals surface area contributed by atoms with Gasteiger partial charge in [0, 0.05) is 22.3 Å². The Hall–Kier alpha value is -2.34. The molecule has 2 amide bonds. The summed E-state index contributed by atoms with van der Waals surface area (Å²) in [5, 5.41) is 5.65. The van der Waals surface area contributed by atoms with Crippen molar-refractivity contribution in [2.75, 3.05) is 17.2 Å². The number of hydrogen-bond donors (Lipinski definition) is 2.